The highest BCUT2D eigenvalue weighted by molar-refractivity contribution is 7.99. The number of thioether (sulfide) groups is 1. The lowest BCUT2D eigenvalue weighted by Gasteiger charge is -2.37. The third-order valence-corrected chi connectivity index (χ3v) is 5.17. The van der Waals surface area contributed by atoms with Gasteiger partial charge >= 0.3 is 0 Å². The Morgan fingerprint density at radius 2 is 2.09 bits per heavy atom. The maximum absolute atomic E-state index is 6.14. The molecule has 7 heteroatoms. The van der Waals surface area contributed by atoms with Crippen molar-refractivity contribution in [3.05, 3.63) is 35.9 Å². The van der Waals surface area contributed by atoms with E-state index in [0.29, 0.717) is 25.9 Å². The summed E-state index contributed by atoms with van der Waals surface area (Å²) < 4.78 is 13.8. The Morgan fingerprint density at radius 3 is 2.82 bits per heavy atom. The molecule has 1 aromatic heterocycles. The number of rotatable bonds is 5. The van der Waals surface area contributed by atoms with Gasteiger partial charge in [0.15, 0.2) is 0 Å². The van der Waals surface area contributed by atoms with Gasteiger partial charge in [0.1, 0.15) is 5.60 Å². The van der Waals surface area contributed by atoms with Crippen molar-refractivity contribution < 1.29 is 9.47 Å². The fourth-order valence-electron chi connectivity index (χ4n) is 2.66. The molecule has 4 rings (SSSR count). The van der Waals surface area contributed by atoms with E-state index in [4.69, 9.17) is 9.47 Å². The first-order chi connectivity index (χ1) is 10.9. The van der Waals surface area contributed by atoms with Crippen LogP contribution in [0.2, 0.25) is 0 Å². The minimum absolute atomic E-state index is 0.426. The van der Waals surface area contributed by atoms with Gasteiger partial charge in [-0.05, 0) is 28.8 Å². The van der Waals surface area contributed by atoms with E-state index in [-0.39, 0.29) is 0 Å². The quantitative estimate of drug-likeness (QED) is 0.786. The van der Waals surface area contributed by atoms with Gasteiger partial charge in [-0.25, -0.2) is 4.68 Å². The van der Waals surface area contributed by atoms with E-state index in [1.54, 1.807) is 11.8 Å². The van der Waals surface area contributed by atoms with Crippen molar-refractivity contribution in [2.45, 2.75) is 29.6 Å². The molecule has 2 heterocycles. The second-order valence-corrected chi connectivity index (χ2v) is 6.63. The molecule has 1 aliphatic heterocycles. The van der Waals surface area contributed by atoms with E-state index < -0.39 is 5.60 Å². The van der Waals surface area contributed by atoms with Crippen LogP contribution in [0.5, 0.6) is 0 Å². The van der Waals surface area contributed by atoms with Gasteiger partial charge in [-0.2, -0.15) is 0 Å². The number of hydrogen-bond donors (Lipinski definition) is 0. The predicted molar refractivity (Wildman–Crippen MR) is 81.7 cm³/mol. The monoisotopic (exact) mass is 318 g/mol. The van der Waals surface area contributed by atoms with Crippen LogP contribution < -0.4 is 0 Å². The summed E-state index contributed by atoms with van der Waals surface area (Å²) in [6, 6.07) is 10.8. The SMILES string of the molecule is c1ccc(C2(CSc3nnnn3C3CC3)COCCO2)cc1. The van der Waals surface area contributed by atoms with Crippen LogP contribution in [0.3, 0.4) is 0 Å². The van der Waals surface area contributed by atoms with Gasteiger partial charge in [0, 0.05) is 5.75 Å². The Kier molecular flexibility index (Phi) is 3.85. The van der Waals surface area contributed by atoms with Gasteiger partial charge in [0.25, 0.3) is 0 Å². The molecule has 2 aromatic rings. The third kappa shape index (κ3) is 2.76. The van der Waals surface area contributed by atoms with Gasteiger partial charge in [-0.1, -0.05) is 42.1 Å². The number of ether oxygens (including phenoxy) is 2. The lowest BCUT2D eigenvalue weighted by molar-refractivity contribution is -0.150. The summed E-state index contributed by atoms with van der Waals surface area (Å²) in [5.41, 5.74) is 0.720. The van der Waals surface area contributed by atoms with Crippen LogP contribution >= 0.6 is 11.8 Å². The molecule has 0 bridgehead atoms. The standard InChI is InChI=1S/C15H18N4O2S/c1-2-4-12(5-3-1)15(10-20-8-9-21-15)11-22-14-16-17-18-19(14)13-6-7-13/h1-5,13H,6-11H2. The largest absolute Gasteiger partial charge is 0.376 e. The maximum atomic E-state index is 6.14. The molecule has 1 saturated carbocycles. The summed E-state index contributed by atoms with van der Waals surface area (Å²) >= 11 is 1.64. The van der Waals surface area contributed by atoms with Crippen LogP contribution in [0.4, 0.5) is 0 Å². The molecule has 0 amide bonds. The summed E-state index contributed by atoms with van der Waals surface area (Å²) in [7, 11) is 0. The lowest BCUT2D eigenvalue weighted by Crippen LogP contribution is -2.42. The Balaban J connectivity index is 1.55. The molecule has 0 N–H and O–H groups in total. The van der Waals surface area contributed by atoms with Crippen LogP contribution in [0, 0.1) is 0 Å². The molecule has 1 aliphatic carbocycles. The van der Waals surface area contributed by atoms with E-state index in [2.05, 4.69) is 27.7 Å². The Morgan fingerprint density at radius 1 is 1.23 bits per heavy atom. The predicted octanol–water partition coefficient (Wildman–Crippen LogP) is 2.04. The molecule has 116 valence electrons. The number of benzene rings is 1. The zero-order valence-electron chi connectivity index (χ0n) is 12.2. The van der Waals surface area contributed by atoms with Crippen molar-refractivity contribution in [2.24, 2.45) is 0 Å². The van der Waals surface area contributed by atoms with Crippen LogP contribution in [0.25, 0.3) is 0 Å². The Bertz CT molecular complexity index is 623. The highest BCUT2D eigenvalue weighted by Gasteiger charge is 2.37. The summed E-state index contributed by atoms with van der Waals surface area (Å²) in [5, 5.41) is 12.9. The molecule has 22 heavy (non-hydrogen) atoms. The molecule has 0 spiro atoms. The fraction of sp³-hybridized carbons (Fsp3) is 0.533. The molecular formula is C15H18N4O2S. The Hall–Kier alpha value is -1.44. The topological polar surface area (TPSA) is 62.1 Å². The fourth-order valence-corrected chi connectivity index (χ4v) is 3.77. The molecule has 1 unspecified atom stereocenters. The molecule has 2 aliphatic rings. The van der Waals surface area contributed by atoms with Gasteiger partial charge in [0.05, 0.1) is 25.9 Å². The minimum Gasteiger partial charge on any atom is -0.376 e. The van der Waals surface area contributed by atoms with Crippen molar-refractivity contribution in [3.8, 4) is 0 Å². The second kappa shape index (κ2) is 5.98. The number of nitrogens with zero attached hydrogens (tertiary/aromatic N) is 4. The first kappa shape index (κ1) is 14.2. The van der Waals surface area contributed by atoms with Gasteiger partial charge < -0.3 is 9.47 Å². The minimum atomic E-state index is -0.426. The number of hydrogen-bond acceptors (Lipinski definition) is 6. The van der Waals surface area contributed by atoms with Crippen LogP contribution in [0.1, 0.15) is 24.4 Å². The third-order valence-electron chi connectivity index (χ3n) is 4.03. The highest BCUT2D eigenvalue weighted by Crippen LogP contribution is 2.39. The van der Waals surface area contributed by atoms with E-state index in [1.807, 2.05) is 22.9 Å². The van der Waals surface area contributed by atoms with Gasteiger partial charge in [-0.3, -0.25) is 0 Å². The zero-order valence-corrected chi connectivity index (χ0v) is 13.0. The van der Waals surface area contributed by atoms with Crippen molar-refractivity contribution in [2.75, 3.05) is 25.6 Å². The van der Waals surface area contributed by atoms with Crippen molar-refractivity contribution in [3.63, 3.8) is 0 Å². The van der Waals surface area contributed by atoms with Gasteiger partial charge in [-0.15, -0.1) is 5.10 Å². The summed E-state index contributed by atoms with van der Waals surface area (Å²) in [5.74, 6) is 0.740. The lowest BCUT2D eigenvalue weighted by atomic mass is 9.96. The molecule has 0 radical (unpaired) electrons. The van der Waals surface area contributed by atoms with Gasteiger partial charge in [0.2, 0.25) is 5.16 Å². The number of aromatic nitrogens is 4. The van der Waals surface area contributed by atoms with E-state index in [0.717, 1.165) is 16.5 Å². The summed E-state index contributed by atoms with van der Waals surface area (Å²) in [4.78, 5) is 0. The van der Waals surface area contributed by atoms with Crippen LogP contribution in [0.15, 0.2) is 35.5 Å². The molecule has 1 aromatic carbocycles. The average Bonchev–Trinajstić information content (AvgIpc) is 3.33. The van der Waals surface area contributed by atoms with E-state index >= 15 is 0 Å². The molecule has 2 fully saturated rings. The summed E-state index contributed by atoms with van der Waals surface area (Å²) in [6.45, 7) is 1.83. The normalized spacial score (nSPS) is 25.3. The van der Waals surface area contributed by atoms with Crippen molar-refractivity contribution >= 4 is 11.8 Å². The van der Waals surface area contributed by atoms with Crippen LogP contribution in [-0.2, 0) is 15.1 Å². The zero-order chi connectivity index (χ0) is 14.8. The smallest absolute Gasteiger partial charge is 0.209 e. The number of tetrazole rings is 1. The summed E-state index contributed by atoms with van der Waals surface area (Å²) in [6.07, 6.45) is 2.34. The van der Waals surface area contributed by atoms with E-state index in [9.17, 15) is 0 Å². The van der Waals surface area contributed by atoms with Crippen LogP contribution in [-0.4, -0.2) is 45.8 Å². The maximum Gasteiger partial charge on any atom is 0.209 e. The second-order valence-electron chi connectivity index (χ2n) is 5.69. The first-order valence-electron chi connectivity index (χ1n) is 7.55. The van der Waals surface area contributed by atoms with Crippen molar-refractivity contribution in [1.82, 2.24) is 20.2 Å². The van der Waals surface area contributed by atoms with Crippen molar-refractivity contribution in [1.29, 1.82) is 0 Å². The van der Waals surface area contributed by atoms with E-state index in [1.165, 1.54) is 12.8 Å². The highest BCUT2D eigenvalue weighted by atomic mass is 32.2. The Labute approximate surface area is 133 Å². The molecule has 6 nitrogen and oxygen atoms in total. The average molecular weight is 318 g/mol. The molecular weight excluding hydrogens is 300 g/mol. The molecule has 1 atom stereocenters. The molecule has 1 saturated heterocycles. The first-order valence-corrected chi connectivity index (χ1v) is 8.54.